The van der Waals surface area contributed by atoms with E-state index in [1.54, 1.807) is 0 Å². The molecule has 0 rings (SSSR count). The highest BCUT2D eigenvalue weighted by Crippen LogP contribution is 2.12. The largest absolute Gasteiger partial charge is 0.379 e. The molecule has 0 heterocycles. The van der Waals surface area contributed by atoms with Gasteiger partial charge in [-0.05, 0) is 6.42 Å². The standard InChI is InChI=1S/C18H38O3/c1-2-3-4-5-6-7-8-9-10-11-12-13-14-15-16-20-17-18-21-19/h19H,2-18H2,1H3. The highest BCUT2D eigenvalue weighted by molar-refractivity contribution is 4.49. The lowest BCUT2D eigenvalue weighted by atomic mass is 10.0. The van der Waals surface area contributed by atoms with Gasteiger partial charge in [-0.15, -0.1) is 0 Å². The first-order valence-electron chi connectivity index (χ1n) is 9.26. The zero-order valence-electron chi connectivity index (χ0n) is 14.3. The van der Waals surface area contributed by atoms with Gasteiger partial charge in [-0.2, -0.15) is 0 Å². The molecule has 0 aliphatic rings. The fraction of sp³-hybridized carbons (Fsp3) is 1.00. The normalized spacial score (nSPS) is 11.1. The van der Waals surface area contributed by atoms with Gasteiger partial charge in [0, 0.05) is 6.61 Å². The molecule has 0 saturated carbocycles. The summed E-state index contributed by atoms with van der Waals surface area (Å²) in [5, 5.41) is 8.11. The topological polar surface area (TPSA) is 38.7 Å². The van der Waals surface area contributed by atoms with E-state index in [4.69, 9.17) is 9.99 Å². The van der Waals surface area contributed by atoms with Crippen molar-refractivity contribution in [2.75, 3.05) is 19.8 Å². The molecule has 0 atom stereocenters. The summed E-state index contributed by atoms with van der Waals surface area (Å²) in [5.74, 6) is 0. The van der Waals surface area contributed by atoms with E-state index in [0.717, 1.165) is 13.0 Å². The molecule has 128 valence electrons. The van der Waals surface area contributed by atoms with Crippen molar-refractivity contribution in [3.05, 3.63) is 0 Å². The molecule has 3 heteroatoms. The molecule has 0 radical (unpaired) electrons. The predicted molar refractivity (Wildman–Crippen MR) is 89.7 cm³/mol. The summed E-state index contributed by atoms with van der Waals surface area (Å²) >= 11 is 0. The molecule has 21 heavy (non-hydrogen) atoms. The third-order valence-electron chi connectivity index (χ3n) is 3.96. The molecular formula is C18H38O3. The maximum Gasteiger partial charge on any atom is 0.105 e. The quantitative estimate of drug-likeness (QED) is 0.192. The van der Waals surface area contributed by atoms with E-state index < -0.39 is 0 Å². The van der Waals surface area contributed by atoms with E-state index in [1.807, 2.05) is 0 Å². The summed E-state index contributed by atoms with van der Waals surface area (Å²) in [6.45, 7) is 3.84. The SMILES string of the molecule is CCCCCCCCCCCCCCCCOCCOO. The van der Waals surface area contributed by atoms with Crippen molar-refractivity contribution in [1.29, 1.82) is 0 Å². The Labute approximate surface area is 132 Å². The molecule has 0 saturated heterocycles. The molecule has 0 aliphatic heterocycles. The molecule has 0 aliphatic carbocycles. The predicted octanol–water partition coefficient (Wildman–Crippen LogP) is 5.97. The van der Waals surface area contributed by atoms with Crippen LogP contribution in [-0.2, 0) is 9.62 Å². The second-order valence-corrected chi connectivity index (χ2v) is 6.04. The second-order valence-electron chi connectivity index (χ2n) is 6.04. The van der Waals surface area contributed by atoms with Gasteiger partial charge in [0.2, 0.25) is 0 Å². The first-order chi connectivity index (χ1) is 10.4. The molecule has 1 N–H and O–H groups in total. The highest BCUT2D eigenvalue weighted by atomic mass is 17.1. The zero-order valence-corrected chi connectivity index (χ0v) is 14.3. The highest BCUT2D eigenvalue weighted by Gasteiger charge is 1.94. The molecular weight excluding hydrogens is 264 g/mol. The molecule has 0 fully saturated rings. The van der Waals surface area contributed by atoms with Crippen molar-refractivity contribution < 1.29 is 14.9 Å². The second kappa shape index (κ2) is 19.9. The lowest BCUT2D eigenvalue weighted by Crippen LogP contribution is -2.03. The van der Waals surface area contributed by atoms with Crippen molar-refractivity contribution in [3.63, 3.8) is 0 Å². The van der Waals surface area contributed by atoms with Gasteiger partial charge in [-0.1, -0.05) is 90.4 Å². The van der Waals surface area contributed by atoms with Gasteiger partial charge in [-0.3, -0.25) is 5.26 Å². The monoisotopic (exact) mass is 302 g/mol. The summed E-state index contributed by atoms with van der Waals surface area (Å²) in [4.78, 5) is 3.94. The van der Waals surface area contributed by atoms with Crippen LogP contribution >= 0.6 is 0 Å². The summed E-state index contributed by atoms with van der Waals surface area (Å²) < 4.78 is 5.30. The number of hydrogen-bond acceptors (Lipinski definition) is 3. The van der Waals surface area contributed by atoms with E-state index in [-0.39, 0.29) is 6.61 Å². The molecule has 0 amide bonds. The minimum Gasteiger partial charge on any atom is -0.379 e. The molecule has 0 bridgehead atoms. The lowest BCUT2D eigenvalue weighted by molar-refractivity contribution is -0.249. The summed E-state index contributed by atoms with van der Waals surface area (Å²) in [6, 6.07) is 0. The third kappa shape index (κ3) is 19.9. The lowest BCUT2D eigenvalue weighted by Gasteiger charge is -2.04. The van der Waals surface area contributed by atoms with Crippen LogP contribution in [0.5, 0.6) is 0 Å². The van der Waals surface area contributed by atoms with Crippen LogP contribution in [0.15, 0.2) is 0 Å². The fourth-order valence-electron chi connectivity index (χ4n) is 2.60. The van der Waals surface area contributed by atoms with Gasteiger partial charge in [0.05, 0.1) is 6.61 Å². The van der Waals surface area contributed by atoms with Crippen LogP contribution in [0.4, 0.5) is 0 Å². The molecule has 0 aromatic rings. The Morgan fingerprint density at radius 3 is 1.38 bits per heavy atom. The summed E-state index contributed by atoms with van der Waals surface area (Å²) in [6.07, 6.45) is 19.3. The van der Waals surface area contributed by atoms with Crippen molar-refractivity contribution >= 4 is 0 Å². The van der Waals surface area contributed by atoms with Crippen molar-refractivity contribution in [1.82, 2.24) is 0 Å². The fourth-order valence-corrected chi connectivity index (χ4v) is 2.60. The number of rotatable bonds is 18. The van der Waals surface area contributed by atoms with E-state index in [1.165, 1.54) is 83.5 Å². The summed E-state index contributed by atoms with van der Waals surface area (Å²) in [5.41, 5.74) is 0. The van der Waals surface area contributed by atoms with Gasteiger partial charge in [-0.25, -0.2) is 4.89 Å². The van der Waals surface area contributed by atoms with E-state index in [0.29, 0.717) is 6.61 Å². The van der Waals surface area contributed by atoms with Crippen LogP contribution in [0.25, 0.3) is 0 Å². The third-order valence-corrected chi connectivity index (χ3v) is 3.96. The van der Waals surface area contributed by atoms with E-state index >= 15 is 0 Å². The maximum absolute atomic E-state index is 8.11. The average Bonchev–Trinajstić information content (AvgIpc) is 2.50. The van der Waals surface area contributed by atoms with Crippen molar-refractivity contribution in [2.24, 2.45) is 0 Å². The minimum atomic E-state index is 0.276. The van der Waals surface area contributed by atoms with Crippen LogP contribution in [-0.4, -0.2) is 25.1 Å². The molecule has 0 aromatic carbocycles. The van der Waals surface area contributed by atoms with Gasteiger partial charge < -0.3 is 4.74 Å². The minimum absolute atomic E-state index is 0.276. The Kier molecular flexibility index (Phi) is 19.8. The summed E-state index contributed by atoms with van der Waals surface area (Å²) in [7, 11) is 0. The Balaban J connectivity index is 2.90. The first-order valence-corrected chi connectivity index (χ1v) is 9.26. The van der Waals surface area contributed by atoms with Crippen LogP contribution < -0.4 is 0 Å². The van der Waals surface area contributed by atoms with E-state index in [9.17, 15) is 0 Å². The molecule has 0 aromatic heterocycles. The van der Waals surface area contributed by atoms with Gasteiger partial charge in [0.25, 0.3) is 0 Å². The molecule has 0 unspecified atom stereocenters. The first kappa shape index (κ1) is 20.9. The number of unbranched alkanes of at least 4 members (excludes halogenated alkanes) is 13. The van der Waals surface area contributed by atoms with Crippen LogP contribution in [0.3, 0.4) is 0 Å². The van der Waals surface area contributed by atoms with Crippen molar-refractivity contribution in [2.45, 2.75) is 96.8 Å². The average molecular weight is 302 g/mol. The Morgan fingerprint density at radius 2 is 0.952 bits per heavy atom. The van der Waals surface area contributed by atoms with Gasteiger partial charge >= 0.3 is 0 Å². The zero-order chi connectivity index (χ0) is 15.4. The van der Waals surface area contributed by atoms with Crippen LogP contribution in [0, 0.1) is 0 Å². The van der Waals surface area contributed by atoms with Crippen LogP contribution in [0.2, 0.25) is 0 Å². The van der Waals surface area contributed by atoms with Crippen molar-refractivity contribution in [3.8, 4) is 0 Å². The van der Waals surface area contributed by atoms with E-state index in [2.05, 4.69) is 11.8 Å². The Bertz CT molecular complexity index is 156. The maximum atomic E-state index is 8.11. The Morgan fingerprint density at radius 1 is 0.524 bits per heavy atom. The molecule has 0 spiro atoms. The van der Waals surface area contributed by atoms with Gasteiger partial charge in [0.1, 0.15) is 6.61 Å². The van der Waals surface area contributed by atoms with Gasteiger partial charge in [0.15, 0.2) is 0 Å². The number of hydrogen-bond donors (Lipinski definition) is 1. The van der Waals surface area contributed by atoms with Crippen LogP contribution in [0.1, 0.15) is 96.8 Å². The Hall–Kier alpha value is -0.120. The smallest absolute Gasteiger partial charge is 0.105 e. The molecule has 3 nitrogen and oxygen atoms in total. The number of ether oxygens (including phenoxy) is 1.